The number of hydrogen-bond donors (Lipinski definition) is 3. The topological polar surface area (TPSA) is 215 Å². The molecule has 0 aliphatic carbocycles. The monoisotopic (exact) mass is 1080 g/mol. The molecular formula is C58H58FN9O9S. The van der Waals surface area contributed by atoms with Gasteiger partial charge in [-0.2, -0.15) is 0 Å². The number of aromatic nitrogens is 2. The summed E-state index contributed by atoms with van der Waals surface area (Å²) in [6, 6.07) is 24.0. The molecular weight excluding hydrogens is 1020 g/mol. The number of nitrogens with one attached hydrogen (secondary N) is 2. The predicted octanol–water partition coefficient (Wildman–Crippen LogP) is 7.19. The zero-order valence-electron chi connectivity index (χ0n) is 43.3. The molecule has 5 aliphatic rings. The highest BCUT2D eigenvalue weighted by Gasteiger charge is 2.45. The third-order valence-electron chi connectivity index (χ3n) is 16.1. The molecule has 3 N–H and O–H groups in total. The van der Waals surface area contributed by atoms with Gasteiger partial charge in [0, 0.05) is 56.8 Å². The Morgan fingerprint density at radius 3 is 2.33 bits per heavy atom. The number of anilines is 3. The van der Waals surface area contributed by atoms with Crippen molar-refractivity contribution in [3.8, 4) is 16.9 Å². The maximum absolute atomic E-state index is 15.5. The molecule has 5 aliphatic heterocycles. The Morgan fingerprint density at radius 1 is 0.821 bits per heavy atom. The van der Waals surface area contributed by atoms with E-state index in [-0.39, 0.29) is 53.7 Å². The molecule has 20 heteroatoms. The Kier molecular flexibility index (Phi) is 14.5. The largest absolute Gasteiger partial charge is 0.493 e. The number of aromatic carboxylic acids is 1. The van der Waals surface area contributed by atoms with E-state index in [0.717, 1.165) is 70.2 Å². The summed E-state index contributed by atoms with van der Waals surface area (Å²) in [5.41, 5.74) is 5.24. The van der Waals surface area contributed by atoms with Crippen LogP contribution in [0.25, 0.3) is 21.3 Å². The number of rotatable bonds is 14. The molecule has 11 rings (SSSR count). The summed E-state index contributed by atoms with van der Waals surface area (Å²) >= 11 is 1.42. The van der Waals surface area contributed by atoms with Gasteiger partial charge in [-0.1, -0.05) is 54.7 Å². The van der Waals surface area contributed by atoms with Crippen LogP contribution in [-0.2, 0) is 27.3 Å². The van der Waals surface area contributed by atoms with Crippen molar-refractivity contribution >= 4 is 79.6 Å². The van der Waals surface area contributed by atoms with Gasteiger partial charge in [-0.25, -0.2) is 19.2 Å². The number of pyridine rings is 1. The van der Waals surface area contributed by atoms with Crippen molar-refractivity contribution in [1.29, 1.82) is 0 Å². The second kappa shape index (κ2) is 21.7. The Balaban J connectivity index is 0.649. The summed E-state index contributed by atoms with van der Waals surface area (Å²) < 4.78 is 22.9. The number of piperidine rings is 2. The van der Waals surface area contributed by atoms with Gasteiger partial charge in [0.25, 0.3) is 17.7 Å². The van der Waals surface area contributed by atoms with E-state index in [0.29, 0.717) is 97.5 Å². The van der Waals surface area contributed by atoms with Crippen LogP contribution in [-0.4, -0.2) is 136 Å². The van der Waals surface area contributed by atoms with E-state index in [1.54, 1.807) is 21.9 Å². The molecule has 2 atom stereocenters. The van der Waals surface area contributed by atoms with Crippen LogP contribution in [0.1, 0.15) is 97.3 Å². The van der Waals surface area contributed by atoms with Gasteiger partial charge in [-0.3, -0.25) is 49.2 Å². The molecule has 3 saturated heterocycles. The van der Waals surface area contributed by atoms with Crippen LogP contribution in [0.5, 0.6) is 5.75 Å². The van der Waals surface area contributed by atoms with Crippen LogP contribution >= 0.6 is 11.3 Å². The molecule has 0 saturated carbocycles. The first-order valence-electron chi connectivity index (χ1n) is 26.5. The number of carboxylic acid groups (broad SMARTS) is 1. The lowest BCUT2D eigenvalue weighted by molar-refractivity contribution is -0.136. The van der Waals surface area contributed by atoms with Crippen LogP contribution in [0.15, 0.2) is 84.9 Å². The number of halogens is 1. The maximum Gasteiger partial charge on any atom is 0.355 e. The fourth-order valence-corrected chi connectivity index (χ4v) is 12.5. The van der Waals surface area contributed by atoms with Crippen molar-refractivity contribution < 1.29 is 47.8 Å². The second-order valence-corrected chi connectivity index (χ2v) is 21.8. The fraction of sp³-hybridized carbons (Fsp3) is 0.362. The van der Waals surface area contributed by atoms with Gasteiger partial charge in [0.05, 0.1) is 40.2 Å². The average Bonchev–Trinajstić information content (AvgIpc) is 4.04. The fourth-order valence-electron chi connectivity index (χ4n) is 11.6. The number of imide groups is 2. The van der Waals surface area contributed by atoms with E-state index in [1.807, 2.05) is 72.5 Å². The quantitative estimate of drug-likeness (QED) is 0.0922. The molecule has 7 heterocycles. The predicted molar refractivity (Wildman–Crippen MR) is 290 cm³/mol. The lowest BCUT2D eigenvalue weighted by atomic mass is 9.84. The number of thiazole rings is 1. The highest BCUT2D eigenvalue weighted by atomic mass is 32.1. The summed E-state index contributed by atoms with van der Waals surface area (Å²) in [6.45, 7) is 8.82. The number of carboxylic acids is 1. The highest BCUT2D eigenvalue weighted by molar-refractivity contribution is 7.22. The third-order valence-corrected chi connectivity index (χ3v) is 17.1. The lowest BCUT2D eigenvalue weighted by Gasteiger charge is -2.38. The summed E-state index contributed by atoms with van der Waals surface area (Å²) in [7, 11) is 0. The Labute approximate surface area is 453 Å². The number of hydrogen-bond acceptors (Lipinski definition) is 14. The Hall–Kier alpha value is -8.10. The number of amides is 6. The number of likely N-dealkylation sites (tertiary alicyclic amines) is 1. The average molecular weight is 1080 g/mol. The Bertz CT molecular complexity index is 3390. The molecule has 402 valence electrons. The second-order valence-electron chi connectivity index (χ2n) is 20.7. The number of nitrogens with zero attached hydrogens (tertiary/aromatic N) is 7. The number of carbonyl (C=O) groups is 7. The van der Waals surface area contributed by atoms with Gasteiger partial charge in [0.2, 0.25) is 17.7 Å². The number of para-hydroxylation sites is 1. The highest BCUT2D eigenvalue weighted by Crippen LogP contribution is 2.37. The van der Waals surface area contributed by atoms with Gasteiger partial charge in [0.15, 0.2) is 10.8 Å². The molecule has 1 unspecified atom stereocenters. The van der Waals surface area contributed by atoms with Gasteiger partial charge in [-0.05, 0) is 135 Å². The zero-order chi connectivity index (χ0) is 54.4. The molecule has 3 fully saturated rings. The van der Waals surface area contributed by atoms with Crippen molar-refractivity contribution in [3.63, 3.8) is 0 Å². The molecule has 4 aromatic carbocycles. The normalized spacial score (nSPS) is 18.5. The Morgan fingerprint density at radius 2 is 1.58 bits per heavy atom. The maximum atomic E-state index is 15.5. The number of benzene rings is 4. The molecule has 2 aromatic heterocycles. The van der Waals surface area contributed by atoms with Gasteiger partial charge in [-0.15, -0.1) is 0 Å². The molecule has 6 aromatic rings. The number of carbonyl (C=O) groups excluding carboxylic acids is 6. The zero-order valence-corrected chi connectivity index (χ0v) is 44.1. The third kappa shape index (κ3) is 10.3. The van der Waals surface area contributed by atoms with E-state index >= 15 is 4.39 Å². The molecule has 78 heavy (non-hydrogen) atoms. The summed E-state index contributed by atoms with van der Waals surface area (Å²) in [5, 5.41) is 16.2. The first kappa shape index (κ1) is 52.0. The van der Waals surface area contributed by atoms with Gasteiger partial charge >= 0.3 is 5.97 Å². The summed E-state index contributed by atoms with van der Waals surface area (Å²) in [6.07, 6.45) is 3.32. The molecule has 0 bridgehead atoms. The number of piperazine rings is 1. The van der Waals surface area contributed by atoms with E-state index in [1.165, 1.54) is 17.4 Å². The molecule has 0 radical (unpaired) electrons. The first-order valence-corrected chi connectivity index (χ1v) is 27.3. The van der Waals surface area contributed by atoms with Crippen molar-refractivity contribution in [1.82, 2.24) is 30.0 Å². The van der Waals surface area contributed by atoms with E-state index in [4.69, 9.17) is 9.72 Å². The molecule has 6 amide bonds. The van der Waals surface area contributed by atoms with Crippen molar-refractivity contribution in [3.05, 3.63) is 130 Å². The van der Waals surface area contributed by atoms with Gasteiger partial charge < -0.3 is 24.5 Å². The summed E-state index contributed by atoms with van der Waals surface area (Å²) in [4.78, 5) is 109. The SMILES string of the molecule is Cc1c(OCC[C@H](C)C2CCN(CC(=O)N3CCN(c4cc5c(cc4F)C(=O)N(C4CCC(=O)NC4=O)C5=O)CC3)CC2)cccc1-c1ccc(N2CCc3cccc(C(=O)Nc4nc5ccccc5s4)c3C2)nc1C(=O)O. The smallest absolute Gasteiger partial charge is 0.355 e. The molecule has 0 spiro atoms. The van der Waals surface area contributed by atoms with Crippen LogP contribution < -0.4 is 25.2 Å². The minimum absolute atomic E-state index is 0.00275. The van der Waals surface area contributed by atoms with E-state index in [2.05, 4.69) is 27.4 Å². The minimum atomic E-state index is -1.15. The molecule has 18 nitrogen and oxygen atoms in total. The van der Waals surface area contributed by atoms with Crippen LogP contribution in [0.2, 0.25) is 0 Å². The van der Waals surface area contributed by atoms with Crippen molar-refractivity contribution in [2.45, 2.75) is 65.0 Å². The van der Waals surface area contributed by atoms with Crippen LogP contribution in [0.4, 0.5) is 21.0 Å². The first-order chi connectivity index (χ1) is 37.7. The lowest BCUT2D eigenvalue weighted by Crippen LogP contribution is -2.54. The standard InChI is InChI=1S/C58H58FN9O9S/c1-33(35-17-21-64(22-18-35)32-51(70)66-26-24-65(25-27-66)46-30-41-40(29-43(46)59)55(73)68(56(41)74)45-14-16-50(69)62-54(45)72)20-28-77-47-11-6-8-37(34(47)2)38-13-15-49(61-52(38)57(75)76)67-23-19-36-7-5-9-39(42(36)31-67)53(71)63-58-60-44-10-3-4-12-48(44)78-58/h3-13,15,29-30,33,35,45H,14,16-28,31-32H2,1-2H3,(H,75,76)(H,60,63,71)(H,62,69,72)/t33-,45?/m0/s1. The van der Waals surface area contributed by atoms with Crippen LogP contribution in [0, 0.1) is 24.6 Å². The van der Waals surface area contributed by atoms with Gasteiger partial charge in [0.1, 0.15) is 23.4 Å². The minimum Gasteiger partial charge on any atom is -0.493 e. The number of ether oxygens (including phenoxy) is 1. The van der Waals surface area contributed by atoms with Crippen molar-refractivity contribution in [2.24, 2.45) is 11.8 Å². The number of fused-ring (bicyclic) bond motifs is 3. The van der Waals surface area contributed by atoms with E-state index < -0.39 is 41.5 Å². The van der Waals surface area contributed by atoms with Crippen molar-refractivity contribution in [2.75, 3.05) is 74.1 Å². The van der Waals surface area contributed by atoms with E-state index in [9.17, 15) is 38.7 Å². The summed E-state index contributed by atoms with van der Waals surface area (Å²) in [5.74, 6) is -2.80. The van der Waals surface area contributed by atoms with Crippen LogP contribution in [0.3, 0.4) is 0 Å².